The minimum Gasteiger partial charge on any atom is -0.508 e. The van der Waals surface area contributed by atoms with Crippen molar-refractivity contribution in [3.05, 3.63) is 18.2 Å². The summed E-state index contributed by atoms with van der Waals surface area (Å²) < 4.78 is 7.09. The molecule has 2 rings (SSSR count). The molecule has 0 amide bonds. The molecular weight excluding hydrogens is 194 g/mol. The first-order valence-electron chi connectivity index (χ1n) is 4.71. The fourth-order valence-electron chi connectivity index (χ4n) is 1.48. The summed E-state index contributed by atoms with van der Waals surface area (Å²) in [5, 5.41) is 14.4. The van der Waals surface area contributed by atoms with E-state index in [9.17, 15) is 5.11 Å². The topological polar surface area (TPSA) is 73.3 Å². The van der Waals surface area contributed by atoms with Gasteiger partial charge in [-0.3, -0.25) is 4.68 Å². The van der Waals surface area contributed by atoms with Crippen LogP contribution in [0.5, 0.6) is 11.6 Å². The number of nitrogens with zero attached hydrogens (tertiary/aromatic N) is 2. The van der Waals surface area contributed by atoms with E-state index in [0.717, 1.165) is 10.9 Å². The van der Waals surface area contributed by atoms with Crippen LogP contribution < -0.4 is 10.5 Å². The number of phenols is 1. The Hall–Kier alpha value is -1.75. The van der Waals surface area contributed by atoms with Gasteiger partial charge < -0.3 is 15.6 Å². The van der Waals surface area contributed by atoms with Gasteiger partial charge in [0.1, 0.15) is 12.4 Å². The number of benzene rings is 1. The Morgan fingerprint density at radius 1 is 1.53 bits per heavy atom. The van der Waals surface area contributed by atoms with E-state index < -0.39 is 0 Å². The summed E-state index contributed by atoms with van der Waals surface area (Å²) in [6.45, 7) is 0.860. The SMILES string of the molecule is Cn1nc(OCCN)c2cc(O)ccc21. The summed E-state index contributed by atoms with van der Waals surface area (Å²) in [7, 11) is 1.83. The smallest absolute Gasteiger partial charge is 0.240 e. The molecule has 0 bridgehead atoms. The third-order valence-corrected chi connectivity index (χ3v) is 2.16. The Morgan fingerprint density at radius 3 is 3.07 bits per heavy atom. The number of hydrogen-bond donors (Lipinski definition) is 2. The van der Waals surface area contributed by atoms with Gasteiger partial charge in [0, 0.05) is 13.6 Å². The zero-order chi connectivity index (χ0) is 10.8. The molecule has 0 radical (unpaired) electrons. The maximum atomic E-state index is 9.37. The summed E-state index contributed by atoms with van der Waals surface area (Å²) in [5.41, 5.74) is 6.26. The highest BCUT2D eigenvalue weighted by Gasteiger charge is 2.09. The van der Waals surface area contributed by atoms with Crippen LogP contribution in [0.15, 0.2) is 18.2 Å². The van der Waals surface area contributed by atoms with Crippen molar-refractivity contribution in [2.24, 2.45) is 12.8 Å². The molecule has 0 atom stereocenters. The van der Waals surface area contributed by atoms with E-state index >= 15 is 0 Å². The second-order valence-corrected chi connectivity index (χ2v) is 3.27. The Balaban J connectivity index is 2.49. The average molecular weight is 207 g/mol. The normalized spacial score (nSPS) is 10.8. The Labute approximate surface area is 87.1 Å². The third-order valence-electron chi connectivity index (χ3n) is 2.16. The van der Waals surface area contributed by atoms with Gasteiger partial charge in [-0.2, -0.15) is 0 Å². The largest absolute Gasteiger partial charge is 0.508 e. The third kappa shape index (κ3) is 1.73. The number of fused-ring (bicyclic) bond motifs is 1. The number of aromatic nitrogens is 2. The lowest BCUT2D eigenvalue weighted by atomic mass is 10.2. The summed E-state index contributed by atoms with van der Waals surface area (Å²) in [4.78, 5) is 0. The van der Waals surface area contributed by atoms with E-state index in [4.69, 9.17) is 10.5 Å². The van der Waals surface area contributed by atoms with Crippen LogP contribution in [0.1, 0.15) is 0 Å². The van der Waals surface area contributed by atoms with Crippen LogP contribution in [-0.4, -0.2) is 28.0 Å². The Morgan fingerprint density at radius 2 is 2.33 bits per heavy atom. The number of rotatable bonds is 3. The fourth-order valence-corrected chi connectivity index (χ4v) is 1.48. The highest BCUT2D eigenvalue weighted by atomic mass is 16.5. The Kier molecular flexibility index (Phi) is 2.47. The molecular formula is C10H13N3O2. The molecule has 3 N–H and O–H groups in total. The number of hydrogen-bond acceptors (Lipinski definition) is 4. The number of nitrogens with two attached hydrogens (primary N) is 1. The van der Waals surface area contributed by atoms with Crippen molar-refractivity contribution >= 4 is 10.9 Å². The van der Waals surface area contributed by atoms with Gasteiger partial charge in [0.05, 0.1) is 10.9 Å². The molecule has 5 heteroatoms. The van der Waals surface area contributed by atoms with Crippen molar-refractivity contribution in [2.45, 2.75) is 0 Å². The second-order valence-electron chi connectivity index (χ2n) is 3.27. The molecule has 0 spiro atoms. The van der Waals surface area contributed by atoms with Gasteiger partial charge in [-0.05, 0) is 18.2 Å². The van der Waals surface area contributed by atoms with E-state index in [2.05, 4.69) is 5.10 Å². The number of aromatic hydroxyl groups is 1. The van der Waals surface area contributed by atoms with E-state index in [1.165, 1.54) is 0 Å². The maximum Gasteiger partial charge on any atom is 0.240 e. The number of ether oxygens (including phenoxy) is 1. The van der Waals surface area contributed by atoms with Crippen molar-refractivity contribution in [2.75, 3.05) is 13.2 Å². The van der Waals surface area contributed by atoms with Crippen LogP contribution in [-0.2, 0) is 7.05 Å². The molecule has 1 aromatic carbocycles. The average Bonchev–Trinajstić information content (AvgIpc) is 2.52. The predicted octanol–water partition coefficient (Wildman–Crippen LogP) is 0.616. The van der Waals surface area contributed by atoms with Crippen LogP contribution >= 0.6 is 0 Å². The summed E-state index contributed by atoms with van der Waals surface area (Å²) in [5.74, 6) is 0.710. The van der Waals surface area contributed by atoms with Crippen LogP contribution in [0, 0.1) is 0 Å². The Bertz CT molecular complexity index is 479. The van der Waals surface area contributed by atoms with Crippen molar-refractivity contribution in [1.29, 1.82) is 0 Å². The molecule has 0 unspecified atom stereocenters. The van der Waals surface area contributed by atoms with E-state index in [-0.39, 0.29) is 5.75 Å². The van der Waals surface area contributed by atoms with Gasteiger partial charge >= 0.3 is 0 Å². The molecule has 1 heterocycles. The molecule has 15 heavy (non-hydrogen) atoms. The van der Waals surface area contributed by atoms with Crippen LogP contribution in [0.25, 0.3) is 10.9 Å². The van der Waals surface area contributed by atoms with Crippen LogP contribution in [0.3, 0.4) is 0 Å². The minimum absolute atomic E-state index is 0.202. The zero-order valence-electron chi connectivity index (χ0n) is 8.47. The lowest BCUT2D eigenvalue weighted by Crippen LogP contribution is -2.11. The standard InChI is InChI=1S/C10H13N3O2/c1-13-9-3-2-7(14)6-8(9)10(12-13)15-5-4-11/h2-3,6,14H,4-5,11H2,1H3. The molecule has 0 aliphatic heterocycles. The first-order valence-corrected chi connectivity index (χ1v) is 4.71. The van der Waals surface area contributed by atoms with Crippen LogP contribution in [0.2, 0.25) is 0 Å². The molecule has 2 aromatic rings. The fraction of sp³-hybridized carbons (Fsp3) is 0.300. The van der Waals surface area contributed by atoms with E-state index in [1.807, 2.05) is 7.05 Å². The highest BCUT2D eigenvalue weighted by molar-refractivity contribution is 5.85. The minimum atomic E-state index is 0.202. The van der Waals surface area contributed by atoms with Crippen LogP contribution in [0.4, 0.5) is 0 Å². The molecule has 0 aliphatic carbocycles. The van der Waals surface area contributed by atoms with Crippen molar-refractivity contribution in [1.82, 2.24) is 9.78 Å². The number of phenolic OH excluding ortho intramolecular Hbond substituents is 1. The molecule has 0 saturated heterocycles. The quantitative estimate of drug-likeness (QED) is 0.773. The summed E-state index contributed by atoms with van der Waals surface area (Å²) in [6, 6.07) is 5.05. The van der Waals surface area contributed by atoms with Gasteiger partial charge in [-0.1, -0.05) is 0 Å². The molecule has 0 aliphatic rings. The van der Waals surface area contributed by atoms with Gasteiger partial charge in [0.15, 0.2) is 0 Å². The van der Waals surface area contributed by atoms with E-state index in [0.29, 0.717) is 19.0 Å². The monoisotopic (exact) mass is 207 g/mol. The van der Waals surface area contributed by atoms with Gasteiger partial charge in [0.2, 0.25) is 5.88 Å². The first kappa shape index (κ1) is 9.79. The van der Waals surface area contributed by atoms with Crippen molar-refractivity contribution in [3.8, 4) is 11.6 Å². The van der Waals surface area contributed by atoms with Gasteiger partial charge in [-0.15, -0.1) is 5.10 Å². The highest BCUT2D eigenvalue weighted by Crippen LogP contribution is 2.27. The second kappa shape index (κ2) is 3.78. The predicted molar refractivity (Wildman–Crippen MR) is 56.9 cm³/mol. The van der Waals surface area contributed by atoms with Crippen molar-refractivity contribution in [3.63, 3.8) is 0 Å². The number of aryl methyl sites for hydroxylation is 1. The van der Waals surface area contributed by atoms with Gasteiger partial charge in [0.25, 0.3) is 0 Å². The molecule has 0 saturated carbocycles. The van der Waals surface area contributed by atoms with Gasteiger partial charge in [-0.25, -0.2) is 0 Å². The first-order chi connectivity index (χ1) is 7.22. The maximum absolute atomic E-state index is 9.37. The molecule has 80 valence electrons. The molecule has 1 aromatic heterocycles. The van der Waals surface area contributed by atoms with E-state index in [1.54, 1.807) is 22.9 Å². The lowest BCUT2D eigenvalue weighted by molar-refractivity contribution is 0.315. The summed E-state index contributed by atoms with van der Waals surface area (Å²) in [6.07, 6.45) is 0. The zero-order valence-corrected chi connectivity index (χ0v) is 8.47. The van der Waals surface area contributed by atoms with Crippen molar-refractivity contribution < 1.29 is 9.84 Å². The molecule has 5 nitrogen and oxygen atoms in total. The summed E-state index contributed by atoms with van der Waals surface area (Å²) >= 11 is 0. The lowest BCUT2D eigenvalue weighted by Gasteiger charge is -1.99. The molecule has 0 fully saturated rings.